The van der Waals surface area contributed by atoms with Crippen molar-refractivity contribution >= 4 is 28.6 Å². The van der Waals surface area contributed by atoms with Gasteiger partial charge >= 0.3 is 5.97 Å². The van der Waals surface area contributed by atoms with Crippen molar-refractivity contribution in [3.8, 4) is 0 Å². The number of aliphatic hydroxyl groups excluding tert-OH is 1. The van der Waals surface area contributed by atoms with Crippen LogP contribution in [0.4, 0.5) is 0 Å². The number of nitrogens with zero attached hydrogens (tertiary/aromatic N) is 2. The molecule has 0 aliphatic rings. The monoisotopic (exact) mass is 452 g/mol. The third-order valence-electron chi connectivity index (χ3n) is 4.55. The van der Waals surface area contributed by atoms with E-state index >= 15 is 0 Å². The van der Waals surface area contributed by atoms with Gasteiger partial charge in [-0.2, -0.15) is 0 Å². The highest BCUT2D eigenvalue weighted by atomic mass is 32.1. The standard InChI is InChI=1S/C13H13NO2S.C11H11NOS/c1-9-13(17-8-14-9)12(16-10(2)15)11-6-4-3-5-7-11;1-8-11(14-7-12-8)10(13)9-5-3-2-4-6-9/h3-8,12H,1-2H3;2-7,10,13H,1H3. The number of aromatic nitrogens is 2. The summed E-state index contributed by atoms with van der Waals surface area (Å²) < 4.78 is 5.39. The van der Waals surface area contributed by atoms with Crippen LogP contribution in [0.1, 0.15) is 51.4 Å². The molecule has 0 amide bonds. The van der Waals surface area contributed by atoms with Crippen LogP contribution >= 0.6 is 22.7 Å². The third-order valence-corrected chi connectivity index (χ3v) is 6.51. The molecule has 160 valence electrons. The van der Waals surface area contributed by atoms with Gasteiger partial charge in [0.1, 0.15) is 6.10 Å². The molecule has 5 nitrogen and oxygen atoms in total. The third kappa shape index (κ3) is 6.07. The molecule has 0 saturated carbocycles. The summed E-state index contributed by atoms with van der Waals surface area (Å²) in [5, 5.41) is 10.0. The Labute approximate surface area is 190 Å². The van der Waals surface area contributed by atoms with Gasteiger partial charge in [0.05, 0.1) is 32.2 Å². The molecule has 0 saturated heterocycles. The summed E-state index contributed by atoms with van der Waals surface area (Å²) in [6, 6.07) is 19.3. The van der Waals surface area contributed by atoms with Crippen molar-refractivity contribution in [3.63, 3.8) is 0 Å². The van der Waals surface area contributed by atoms with Crippen molar-refractivity contribution in [2.45, 2.75) is 33.0 Å². The summed E-state index contributed by atoms with van der Waals surface area (Å²) in [6.07, 6.45) is -0.884. The number of rotatable bonds is 5. The molecule has 0 radical (unpaired) electrons. The molecule has 2 aromatic heterocycles. The fourth-order valence-electron chi connectivity index (χ4n) is 2.99. The molecule has 2 heterocycles. The molecular weight excluding hydrogens is 428 g/mol. The topological polar surface area (TPSA) is 72.3 Å². The van der Waals surface area contributed by atoms with E-state index in [0.717, 1.165) is 32.3 Å². The zero-order valence-electron chi connectivity index (χ0n) is 17.6. The van der Waals surface area contributed by atoms with Gasteiger partial charge in [-0.05, 0) is 25.0 Å². The summed E-state index contributed by atoms with van der Waals surface area (Å²) in [4.78, 5) is 21.4. The van der Waals surface area contributed by atoms with Crippen molar-refractivity contribution in [1.82, 2.24) is 9.97 Å². The lowest BCUT2D eigenvalue weighted by Crippen LogP contribution is -2.09. The van der Waals surface area contributed by atoms with E-state index in [4.69, 9.17) is 4.74 Å². The molecule has 0 aliphatic carbocycles. The average Bonchev–Trinajstić information content (AvgIpc) is 3.41. The number of carbonyl (C=O) groups is 1. The first-order chi connectivity index (χ1) is 15.0. The molecular formula is C24H24N2O3S2. The molecule has 0 aliphatic heterocycles. The second-order valence-electron chi connectivity index (χ2n) is 6.82. The normalized spacial score (nSPS) is 12.4. The predicted molar refractivity (Wildman–Crippen MR) is 124 cm³/mol. The number of aliphatic hydroxyl groups is 1. The highest BCUT2D eigenvalue weighted by molar-refractivity contribution is 7.10. The van der Waals surface area contributed by atoms with Crippen LogP contribution in [0, 0.1) is 13.8 Å². The maximum absolute atomic E-state index is 11.2. The van der Waals surface area contributed by atoms with Gasteiger partial charge in [0, 0.05) is 6.92 Å². The van der Waals surface area contributed by atoms with Crippen molar-refractivity contribution < 1.29 is 14.6 Å². The van der Waals surface area contributed by atoms with E-state index in [1.165, 1.54) is 29.6 Å². The van der Waals surface area contributed by atoms with Crippen LogP contribution in [0.15, 0.2) is 71.7 Å². The number of hydrogen-bond donors (Lipinski definition) is 1. The van der Waals surface area contributed by atoms with Gasteiger partial charge in [0.2, 0.25) is 0 Å². The Kier molecular flexibility index (Phi) is 8.06. The van der Waals surface area contributed by atoms with Crippen molar-refractivity contribution in [1.29, 1.82) is 0 Å². The van der Waals surface area contributed by atoms with Crippen LogP contribution in [0.3, 0.4) is 0 Å². The molecule has 0 fully saturated rings. The molecule has 2 atom stereocenters. The van der Waals surface area contributed by atoms with Crippen molar-refractivity contribution in [3.05, 3.63) is 104 Å². The van der Waals surface area contributed by atoms with Crippen LogP contribution in [0.5, 0.6) is 0 Å². The first-order valence-corrected chi connectivity index (χ1v) is 11.5. The Morgan fingerprint density at radius 3 is 1.77 bits per heavy atom. The second kappa shape index (κ2) is 10.9. The van der Waals surface area contributed by atoms with E-state index in [-0.39, 0.29) is 12.1 Å². The molecule has 4 rings (SSSR count). The lowest BCUT2D eigenvalue weighted by molar-refractivity contribution is -0.144. The van der Waals surface area contributed by atoms with Crippen molar-refractivity contribution in [2.24, 2.45) is 0 Å². The van der Waals surface area contributed by atoms with E-state index < -0.39 is 6.10 Å². The minimum atomic E-state index is -0.538. The van der Waals surface area contributed by atoms with E-state index in [9.17, 15) is 9.90 Å². The Bertz CT molecular complexity index is 1090. The van der Waals surface area contributed by atoms with Gasteiger partial charge in [-0.1, -0.05) is 60.7 Å². The highest BCUT2D eigenvalue weighted by Gasteiger charge is 2.21. The molecule has 1 N–H and O–H groups in total. The van der Waals surface area contributed by atoms with Crippen molar-refractivity contribution in [2.75, 3.05) is 0 Å². The summed E-state index contributed by atoms with van der Waals surface area (Å²) in [7, 11) is 0. The maximum Gasteiger partial charge on any atom is 0.303 e. The summed E-state index contributed by atoms with van der Waals surface area (Å²) in [6.45, 7) is 5.26. The number of aryl methyl sites for hydroxylation is 2. The predicted octanol–water partition coefficient (Wildman–Crippen LogP) is 5.64. The molecule has 0 spiro atoms. The largest absolute Gasteiger partial charge is 0.452 e. The fraction of sp³-hybridized carbons (Fsp3) is 0.208. The van der Waals surface area contributed by atoms with Crippen LogP contribution in [-0.2, 0) is 9.53 Å². The molecule has 2 unspecified atom stereocenters. The molecule has 31 heavy (non-hydrogen) atoms. The Balaban J connectivity index is 0.000000179. The first kappa shape index (κ1) is 22.8. The minimum Gasteiger partial charge on any atom is -0.452 e. The number of hydrogen-bond acceptors (Lipinski definition) is 7. The Hall–Kier alpha value is -2.87. The Morgan fingerprint density at radius 1 is 0.839 bits per heavy atom. The zero-order valence-corrected chi connectivity index (χ0v) is 19.2. The van der Waals surface area contributed by atoms with Gasteiger partial charge < -0.3 is 9.84 Å². The van der Waals surface area contributed by atoms with E-state index in [1.807, 2.05) is 74.5 Å². The summed E-state index contributed by atoms with van der Waals surface area (Å²) in [5.41, 5.74) is 7.23. The van der Waals surface area contributed by atoms with Gasteiger partial charge in [-0.3, -0.25) is 4.79 Å². The summed E-state index contributed by atoms with van der Waals surface area (Å²) in [5.74, 6) is -0.286. The number of benzene rings is 2. The molecule has 0 bridgehead atoms. The van der Waals surface area contributed by atoms with Gasteiger partial charge in [-0.25, -0.2) is 9.97 Å². The van der Waals surface area contributed by atoms with Crippen LogP contribution in [0.2, 0.25) is 0 Å². The second-order valence-corrected chi connectivity index (χ2v) is 8.59. The fourth-order valence-corrected chi connectivity index (χ4v) is 4.66. The lowest BCUT2D eigenvalue weighted by atomic mass is 10.1. The zero-order chi connectivity index (χ0) is 22.2. The van der Waals surface area contributed by atoms with Crippen LogP contribution in [-0.4, -0.2) is 21.0 Å². The highest BCUT2D eigenvalue weighted by Crippen LogP contribution is 2.31. The number of thiazole rings is 2. The van der Waals surface area contributed by atoms with Gasteiger partial charge in [0.15, 0.2) is 6.10 Å². The number of esters is 1. The lowest BCUT2D eigenvalue weighted by Gasteiger charge is -2.16. The van der Waals surface area contributed by atoms with Gasteiger partial charge in [-0.15, -0.1) is 22.7 Å². The molecule has 2 aromatic carbocycles. The molecule has 4 aromatic rings. The molecule has 7 heteroatoms. The average molecular weight is 453 g/mol. The quantitative estimate of drug-likeness (QED) is 0.397. The number of ether oxygens (including phenoxy) is 1. The van der Waals surface area contributed by atoms with Crippen LogP contribution in [0.25, 0.3) is 0 Å². The maximum atomic E-state index is 11.2. The minimum absolute atomic E-state index is 0.286. The van der Waals surface area contributed by atoms with Gasteiger partial charge in [0.25, 0.3) is 0 Å². The van der Waals surface area contributed by atoms with E-state index in [0.29, 0.717) is 0 Å². The summed E-state index contributed by atoms with van der Waals surface area (Å²) >= 11 is 3.00. The Morgan fingerprint density at radius 2 is 1.32 bits per heavy atom. The van der Waals surface area contributed by atoms with E-state index in [2.05, 4.69) is 9.97 Å². The SMILES string of the molecule is CC(=O)OC(c1ccccc1)c1scnc1C.Cc1ncsc1C(O)c1ccccc1. The first-order valence-electron chi connectivity index (χ1n) is 9.72. The van der Waals surface area contributed by atoms with E-state index in [1.54, 1.807) is 11.0 Å². The smallest absolute Gasteiger partial charge is 0.303 e. The van der Waals surface area contributed by atoms with Crippen LogP contribution < -0.4 is 0 Å². The number of carbonyl (C=O) groups excluding carboxylic acids is 1.